The fourth-order valence-electron chi connectivity index (χ4n) is 3.77. The Labute approximate surface area is 192 Å². The monoisotopic (exact) mass is 438 g/mol. The summed E-state index contributed by atoms with van der Waals surface area (Å²) in [6.07, 6.45) is 3.57. The van der Waals surface area contributed by atoms with Crippen LogP contribution in [-0.4, -0.2) is 21.9 Å². The maximum Gasteiger partial charge on any atom is 0.157 e. The molecule has 33 heavy (non-hydrogen) atoms. The number of hydrogen-bond acceptors (Lipinski definition) is 5. The van der Waals surface area contributed by atoms with Crippen LogP contribution in [0.3, 0.4) is 0 Å². The highest BCUT2D eigenvalue weighted by molar-refractivity contribution is 6.04. The molecule has 0 bridgehead atoms. The summed E-state index contributed by atoms with van der Waals surface area (Å²) in [5.74, 6) is 6.75. The van der Waals surface area contributed by atoms with Gasteiger partial charge in [0.05, 0.1) is 11.4 Å². The van der Waals surface area contributed by atoms with Gasteiger partial charge in [-0.3, -0.25) is 15.7 Å². The van der Waals surface area contributed by atoms with Crippen molar-refractivity contribution in [2.75, 3.05) is 0 Å². The summed E-state index contributed by atoms with van der Waals surface area (Å²) in [6, 6.07) is 19.6. The van der Waals surface area contributed by atoms with Gasteiger partial charge in [0, 0.05) is 34.3 Å². The summed E-state index contributed by atoms with van der Waals surface area (Å²) in [4.78, 5) is 13.7. The van der Waals surface area contributed by atoms with E-state index in [-0.39, 0.29) is 0 Å². The second-order valence-electron chi connectivity index (χ2n) is 7.98. The standard InChI is InChI=1S/C26H26N6O/c1-16-5-4-6-19(9-16)26(32-33)29-22-12-17(2)10-20(14-22)25(31-27)30-24-13-18(3)11-21-15-28-8-7-23(21)24/h4-15,33H,27H2,1-3H3,(H,29,32)(H,30,31). The molecule has 4 aromatic rings. The third-order valence-corrected chi connectivity index (χ3v) is 5.22. The predicted molar refractivity (Wildman–Crippen MR) is 133 cm³/mol. The second-order valence-corrected chi connectivity index (χ2v) is 7.98. The number of nitrogens with one attached hydrogen (secondary N) is 2. The molecule has 0 saturated heterocycles. The van der Waals surface area contributed by atoms with Crippen molar-refractivity contribution in [3.05, 3.63) is 101 Å². The highest BCUT2D eigenvalue weighted by atomic mass is 16.5. The number of aliphatic imine (C=N–C) groups is 2. The minimum atomic E-state index is 0.353. The van der Waals surface area contributed by atoms with E-state index in [1.54, 1.807) is 6.20 Å². The van der Waals surface area contributed by atoms with E-state index in [0.29, 0.717) is 17.4 Å². The van der Waals surface area contributed by atoms with Crippen LogP contribution in [0.15, 0.2) is 83.0 Å². The van der Waals surface area contributed by atoms with Crippen LogP contribution in [0.25, 0.3) is 10.8 Å². The van der Waals surface area contributed by atoms with E-state index in [4.69, 9.17) is 10.8 Å². The number of nitrogens with zero attached hydrogens (tertiary/aromatic N) is 3. The van der Waals surface area contributed by atoms with Crippen LogP contribution in [-0.2, 0) is 0 Å². The van der Waals surface area contributed by atoms with Gasteiger partial charge in [-0.2, -0.15) is 0 Å². The molecule has 0 amide bonds. The lowest BCUT2D eigenvalue weighted by molar-refractivity contribution is 0.235. The zero-order chi connectivity index (χ0) is 23.4. The van der Waals surface area contributed by atoms with Gasteiger partial charge in [0.25, 0.3) is 0 Å². The number of pyridine rings is 1. The Bertz CT molecular complexity index is 1380. The van der Waals surface area contributed by atoms with Gasteiger partial charge in [0.1, 0.15) is 5.84 Å². The van der Waals surface area contributed by atoms with E-state index >= 15 is 0 Å². The molecule has 0 aliphatic heterocycles. The van der Waals surface area contributed by atoms with Crippen molar-refractivity contribution in [1.82, 2.24) is 15.9 Å². The molecule has 0 radical (unpaired) electrons. The molecule has 3 aromatic carbocycles. The van der Waals surface area contributed by atoms with Crippen LogP contribution in [0.2, 0.25) is 0 Å². The first-order valence-electron chi connectivity index (χ1n) is 10.5. The zero-order valence-corrected chi connectivity index (χ0v) is 18.8. The van der Waals surface area contributed by atoms with Crippen LogP contribution in [0.4, 0.5) is 11.4 Å². The number of amidine groups is 2. The maximum atomic E-state index is 9.71. The van der Waals surface area contributed by atoms with Crippen molar-refractivity contribution in [3.8, 4) is 0 Å². The van der Waals surface area contributed by atoms with Gasteiger partial charge in [-0.25, -0.2) is 15.8 Å². The molecule has 1 aromatic heterocycles. The Balaban J connectivity index is 1.80. The van der Waals surface area contributed by atoms with Crippen LogP contribution < -0.4 is 16.7 Å². The quantitative estimate of drug-likeness (QED) is 0.159. The van der Waals surface area contributed by atoms with Crippen molar-refractivity contribution >= 4 is 33.8 Å². The normalized spacial score (nSPS) is 12.2. The molecule has 166 valence electrons. The first-order valence-corrected chi connectivity index (χ1v) is 10.5. The molecule has 0 saturated carbocycles. The van der Waals surface area contributed by atoms with Gasteiger partial charge in [0.15, 0.2) is 5.84 Å². The van der Waals surface area contributed by atoms with Crippen LogP contribution in [0.1, 0.15) is 27.8 Å². The Morgan fingerprint density at radius 1 is 0.848 bits per heavy atom. The number of hydrazine groups is 1. The molecule has 0 aliphatic carbocycles. The lowest BCUT2D eigenvalue weighted by Crippen LogP contribution is -2.31. The third-order valence-electron chi connectivity index (χ3n) is 5.22. The molecule has 4 rings (SSSR count). The lowest BCUT2D eigenvalue weighted by Gasteiger charge is -2.11. The Morgan fingerprint density at radius 3 is 2.39 bits per heavy atom. The fraction of sp³-hybridized carbons (Fsp3) is 0.115. The molecule has 0 fully saturated rings. The van der Waals surface area contributed by atoms with Crippen molar-refractivity contribution in [1.29, 1.82) is 0 Å². The Morgan fingerprint density at radius 2 is 1.64 bits per heavy atom. The Hall–Kier alpha value is -4.07. The fourth-order valence-corrected chi connectivity index (χ4v) is 3.77. The van der Waals surface area contributed by atoms with Crippen LogP contribution in [0.5, 0.6) is 0 Å². The average molecular weight is 439 g/mol. The van der Waals surface area contributed by atoms with E-state index in [2.05, 4.69) is 26.9 Å². The number of aromatic nitrogens is 1. The van der Waals surface area contributed by atoms with Crippen molar-refractivity contribution in [3.63, 3.8) is 0 Å². The smallest absolute Gasteiger partial charge is 0.157 e. The molecule has 7 nitrogen and oxygen atoms in total. The minimum Gasteiger partial charge on any atom is -0.308 e. The number of hydroxylamine groups is 1. The lowest BCUT2D eigenvalue weighted by atomic mass is 10.1. The topological polar surface area (TPSA) is 108 Å². The maximum absolute atomic E-state index is 9.71. The summed E-state index contributed by atoms with van der Waals surface area (Å²) in [5, 5.41) is 11.7. The van der Waals surface area contributed by atoms with Gasteiger partial charge in [0.2, 0.25) is 0 Å². The minimum absolute atomic E-state index is 0.353. The predicted octanol–water partition coefficient (Wildman–Crippen LogP) is 4.76. The van der Waals surface area contributed by atoms with E-state index in [0.717, 1.165) is 44.3 Å². The third kappa shape index (κ3) is 5.06. The number of fused-ring (bicyclic) bond motifs is 1. The molecule has 0 spiro atoms. The van der Waals surface area contributed by atoms with Crippen LogP contribution in [0, 0.1) is 20.8 Å². The zero-order valence-electron chi connectivity index (χ0n) is 18.8. The number of nitrogens with two attached hydrogens (primary N) is 1. The highest BCUT2D eigenvalue weighted by Gasteiger charge is 2.09. The molecule has 0 aliphatic rings. The molecular weight excluding hydrogens is 412 g/mol. The van der Waals surface area contributed by atoms with E-state index in [1.165, 1.54) is 0 Å². The summed E-state index contributed by atoms with van der Waals surface area (Å²) >= 11 is 0. The second kappa shape index (κ2) is 9.60. The molecule has 0 atom stereocenters. The number of benzene rings is 3. The van der Waals surface area contributed by atoms with E-state index in [1.807, 2.05) is 81.6 Å². The first kappa shape index (κ1) is 22.1. The van der Waals surface area contributed by atoms with E-state index < -0.39 is 0 Å². The average Bonchev–Trinajstić information content (AvgIpc) is 2.80. The summed E-state index contributed by atoms with van der Waals surface area (Å²) in [7, 11) is 0. The molecule has 7 heteroatoms. The van der Waals surface area contributed by atoms with Crippen LogP contribution >= 0.6 is 0 Å². The number of hydrogen-bond donors (Lipinski definition) is 4. The summed E-state index contributed by atoms with van der Waals surface area (Å²) < 4.78 is 0. The summed E-state index contributed by atoms with van der Waals surface area (Å²) in [5.41, 5.74) is 11.1. The number of rotatable bonds is 4. The van der Waals surface area contributed by atoms with Gasteiger partial charge < -0.3 is 5.43 Å². The SMILES string of the molecule is Cc1cc(/N=C(\NO)c2cccc(C)c2)cc(/C(=N/c2cc(C)cc3cnccc23)NN)c1. The van der Waals surface area contributed by atoms with Gasteiger partial charge >= 0.3 is 0 Å². The highest BCUT2D eigenvalue weighted by Crippen LogP contribution is 2.28. The van der Waals surface area contributed by atoms with Gasteiger partial charge in [-0.05, 0) is 74.4 Å². The number of aryl methyl sites for hydroxylation is 3. The molecule has 0 unspecified atom stereocenters. The van der Waals surface area contributed by atoms with Crippen molar-refractivity contribution < 1.29 is 5.21 Å². The van der Waals surface area contributed by atoms with E-state index in [9.17, 15) is 5.21 Å². The molecule has 1 heterocycles. The summed E-state index contributed by atoms with van der Waals surface area (Å²) in [6.45, 7) is 5.99. The van der Waals surface area contributed by atoms with Crippen molar-refractivity contribution in [2.45, 2.75) is 20.8 Å². The van der Waals surface area contributed by atoms with Gasteiger partial charge in [-0.1, -0.05) is 23.8 Å². The van der Waals surface area contributed by atoms with Gasteiger partial charge in [-0.15, -0.1) is 0 Å². The largest absolute Gasteiger partial charge is 0.308 e. The van der Waals surface area contributed by atoms with Crippen molar-refractivity contribution in [2.24, 2.45) is 15.8 Å². The molecular formula is C26H26N6O. The molecule has 5 N–H and O–H groups in total. The first-order chi connectivity index (χ1) is 16.0. The Kier molecular flexibility index (Phi) is 6.44.